The van der Waals surface area contributed by atoms with Gasteiger partial charge in [-0.15, -0.1) is 10.9 Å². The smallest absolute Gasteiger partial charge is 0.370 e. The minimum Gasteiger partial charge on any atom is -0.370 e. The second kappa shape index (κ2) is 7.44. The molecule has 3 aromatic carbocycles. The highest BCUT2D eigenvalue weighted by Gasteiger charge is 2.53. The Morgan fingerprint density at radius 3 is 2.30 bits per heavy atom. The number of anilines is 1. The molecule has 0 fully saturated rings. The Labute approximate surface area is 193 Å². The number of aryl methyl sites for hydroxylation is 2. The molecular formula is C24H22N2O5S2. The molecule has 33 heavy (non-hydrogen) atoms. The van der Waals surface area contributed by atoms with Crippen molar-refractivity contribution >= 4 is 26.0 Å². The van der Waals surface area contributed by atoms with Gasteiger partial charge in [0.2, 0.25) is 0 Å². The van der Waals surface area contributed by atoms with E-state index in [0.29, 0.717) is 16.8 Å². The van der Waals surface area contributed by atoms with E-state index < -0.39 is 32.5 Å². The van der Waals surface area contributed by atoms with Crippen LogP contribution in [0, 0.1) is 13.8 Å². The van der Waals surface area contributed by atoms with Gasteiger partial charge in [0.05, 0.1) is 16.6 Å². The third kappa shape index (κ3) is 3.26. The van der Waals surface area contributed by atoms with Crippen molar-refractivity contribution in [1.29, 1.82) is 0 Å². The molecule has 0 radical (unpaired) electrons. The molecule has 0 saturated carbocycles. The quantitative estimate of drug-likeness (QED) is 0.518. The molecule has 5 rings (SSSR count). The first-order chi connectivity index (χ1) is 15.6. The van der Waals surface area contributed by atoms with Crippen LogP contribution in [0.4, 0.5) is 5.69 Å². The molecule has 3 aromatic rings. The Morgan fingerprint density at radius 1 is 0.939 bits per heavy atom. The lowest BCUT2D eigenvalue weighted by molar-refractivity contribution is 0.232. The molecule has 2 aliphatic heterocycles. The lowest BCUT2D eigenvalue weighted by atomic mass is 9.98. The van der Waals surface area contributed by atoms with Crippen LogP contribution in [0.2, 0.25) is 0 Å². The second-order valence-corrected chi connectivity index (χ2v) is 11.4. The summed E-state index contributed by atoms with van der Waals surface area (Å²) in [5, 5.41) is 0. The van der Waals surface area contributed by atoms with E-state index in [4.69, 9.17) is 4.18 Å². The van der Waals surface area contributed by atoms with Gasteiger partial charge >= 0.3 is 10.3 Å². The number of benzene rings is 3. The van der Waals surface area contributed by atoms with Crippen LogP contribution in [0.1, 0.15) is 34.5 Å². The van der Waals surface area contributed by atoms with Gasteiger partial charge in [-0.25, -0.2) is 12.7 Å². The van der Waals surface area contributed by atoms with Crippen molar-refractivity contribution in [2.24, 2.45) is 0 Å². The number of para-hydroxylation sites is 1. The van der Waals surface area contributed by atoms with Gasteiger partial charge < -0.3 is 4.18 Å². The Morgan fingerprint density at radius 2 is 1.61 bits per heavy atom. The van der Waals surface area contributed by atoms with E-state index in [1.807, 2.05) is 13.8 Å². The Kier molecular flexibility index (Phi) is 4.89. The van der Waals surface area contributed by atoms with Crippen molar-refractivity contribution in [3.8, 4) is 5.75 Å². The van der Waals surface area contributed by atoms with Gasteiger partial charge in [0.1, 0.15) is 6.17 Å². The number of nitrogens with zero attached hydrogens (tertiary/aromatic N) is 2. The van der Waals surface area contributed by atoms with Crippen LogP contribution in [-0.4, -0.2) is 21.1 Å². The van der Waals surface area contributed by atoms with Crippen molar-refractivity contribution in [1.82, 2.24) is 4.31 Å². The molecule has 2 aliphatic rings. The zero-order chi connectivity index (χ0) is 23.5. The predicted octanol–water partition coefficient (Wildman–Crippen LogP) is 4.38. The van der Waals surface area contributed by atoms with Gasteiger partial charge in [0, 0.05) is 5.56 Å². The first-order valence-corrected chi connectivity index (χ1v) is 13.1. The Balaban J connectivity index is 1.87. The van der Waals surface area contributed by atoms with Crippen LogP contribution in [0.3, 0.4) is 0 Å². The van der Waals surface area contributed by atoms with Crippen LogP contribution >= 0.6 is 0 Å². The molecule has 0 unspecified atom stereocenters. The van der Waals surface area contributed by atoms with Crippen molar-refractivity contribution < 1.29 is 21.0 Å². The molecule has 0 amide bonds. The summed E-state index contributed by atoms with van der Waals surface area (Å²) in [5.41, 5.74) is 3.10. The van der Waals surface area contributed by atoms with Crippen LogP contribution < -0.4 is 8.49 Å². The molecule has 2 atom stereocenters. The minimum absolute atomic E-state index is 0.0676. The van der Waals surface area contributed by atoms with Crippen molar-refractivity contribution in [3.63, 3.8) is 0 Å². The SMILES string of the molecule is C=C[C@@H]1c2ccccc2N(S(=O)(=O)c2ccc(C)cc2)[C@H]2c3cc(C)ccc3OS(=O)(=O)N12. The maximum Gasteiger partial charge on any atom is 0.388 e. The summed E-state index contributed by atoms with van der Waals surface area (Å²) in [4.78, 5) is 0.0676. The van der Waals surface area contributed by atoms with E-state index >= 15 is 0 Å². The van der Waals surface area contributed by atoms with Crippen molar-refractivity contribution in [2.75, 3.05) is 4.31 Å². The first kappa shape index (κ1) is 21.7. The average molecular weight is 483 g/mol. The largest absolute Gasteiger partial charge is 0.388 e. The van der Waals surface area contributed by atoms with Crippen LogP contribution in [0.5, 0.6) is 5.75 Å². The van der Waals surface area contributed by atoms with Crippen LogP contribution in [-0.2, 0) is 20.3 Å². The molecular weight excluding hydrogens is 460 g/mol. The van der Waals surface area contributed by atoms with Gasteiger partial charge in [-0.2, -0.15) is 8.42 Å². The van der Waals surface area contributed by atoms with E-state index in [1.165, 1.54) is 22.5 Å². The molecule has 0 bridgehead atoms. The van der Waals surface area contributed by atoms with E-state index in [9.17, 15) is 16.8 Å². The second-order valence-electron chi connectivity index (χ2n) is 8.14. The van der Waals surface area contributed by atoms with Gasteiger partial charge in [-0.3, -0.25) is 0 Å². The lowest BCUT2D eigenvalue weighted by Crippen LogP contribution is -2.55. The first-order valence-electron chi connectivity index (χ1n) is 10.3. The van der Waals surface area contributed by atoms with Crippen LogP contribution in [0.15, 0.2) is 84.3 Å². The molecule has 9 heteroatoms. The lowest BCUT2D eigenvalue weighted by Gasteiger charge is -2.48. The molecule has 0 spiro atoms. The highest BCUT2D eigenvalue weighted by molar-refractivity contribution is 7.93. The number of rotatable bonds is 3. The molecule has 2 heterocycles. The summed E-state index contributed by atoms with van der Waals surface area (Å²) in [6.45, 7) is 7.56. The summed E-state index contributed by atoms with van der Waals surface area (Å²) in [7, 11) is -8.50. The monoisotopic (exact) mass is 482 g/mol. The maximum atomic E-state index is 14.1. The normalized spacial score (nSPS) is 21.3. The number of hydrogen-bond acceptors (Lipinski definition) is 5. The van der Waals surface area contributed by atoms with Gasteiger partial charge in [0.15, 0.2) is 5.75 Å². The topological polar surface area (TPSA) is 84.0 Å². The number of sulfonamides is 1. The fourth-order valence-electron chi connectivity index (χ4n) is 4.41. The summed E-state index contributed by atoms with van der Waals surface area (Å²) in [6.07, 6.45) is 0.312. The molecule has 170 valence electrons. The van der Waals surface area contributed by atoms with Gasteiger partial charge in [0.25, 0.3) is 10.0 Å². The Bertz CT molecular complexity index is 1480. The van der Waals surface area contributed by atoms with E-state index in [-0.39, 0.29) is 10.6 Å². The standard InChI is InChI=1S/C24H22N2O5S2/c1-4-21-19-7-5-6-8-22(19)25(32(27,28)18-12-9-16(2)10-13-18)24-20-15-17(3)11-14-23(20)31-33(29,30)26(21)24/h4-15,21,24H,1H2,2-3H3/t21-,24-/m1/s1. The maximum absolute atomic E-state index is 14.1. The molecule has 0 N–H and O–H groups in total. The zero-order valence-corrected chi connectivity index (χ0v) is 19.7. The minimum atomic E-state index is -4.34. The summed E-state index contributed by atoms with van der Waals surface area (Å²) in [6, 6.07) is 17.6. The fourth-order valence-corrected chi connectivity index (χ4v) is 7.47. The summed E-state index contributed by atoms with van der Waals surface area (Å²) < 4.78 is 62.4. The predicted molar refractivity (Wildman–Crippen MR) is 126 cm³/mol. The molecule has 0 aromatic heterocycles. The molecule has 0 aliphatic carbocycles. The summed E-state index contributed by atoms with van der Waals surface area (Å²) >= 11 is 0. The van der Waals surface area contributed by atoms with Gasteiger partial charge in [-0.1, -0.05) is 53.6 Å². The Hall–Kier alpha value is -3.14. The number of fused-ring (bicyclic) bond motifs is 4. The highest BCUT2D eigenvalue weighted by Crippen LogP contribution is 2.53. The third-order valence-corrected chi connectivity index (χ3v) is 9.04. The van der Waals surface area contributed by atoms with Gasteiger partial charge in [-0.05, 0) is 49.7 Å². The number of hydrogen-bond donors (Lipinski definition) is 0. The van der Waals surface area contributed by atoms with E-state index in [2.05, 4.69) is 6.58 Å². The van der Waals surface area contributed by atoms with E-state index in [1.54, 1.807) is 54.6 Å². The zero-order valence-electron chi connectivity index (χ0n) is 18.0. The van der Waals surface area contributed by atoms with Crippen LogP contribution in [0.25, 0.3) is 0 Å². The fraction of sp³-hybridized carbons (Fsp3) is 0.167. The van der Waals surface area contributed by atoms with E-state index in [0.717, 1.165) is 15.4 Å². The average Bonchev–Trinajstić information content (AvgIpc) is 2.78. The molecule has 0 saturated heterocycles. The summed E-state index contributed by atoms with van der Waals surface area (Å²) in [5.74, 6) is 0.105. The van der Waals surface area contributed by atoms with Crippen molar-refractivity contribution in [2.45, 2.75) is 31.0 Å². The third-order valence-electron chi connectivity index (χ3n) is 5.93. The molecule has 7 nitrogen and oxygen atoms in total. The highest BCUT2D eigenvalue weighted by atomic mass is 32.2. The van der Waals surface area contributed by atoms with Crippen molar-refractivity contribution in [3.05, 3.63) is 102 Å².